The first-order valence-corrected chi connectivity index (χ1v) is 5.57. The maximum Gasteiger partial charge on any atom is 0.215 e. The number of nitrogens with zero attached hydrogens (tertiary/aromatic N) is 2. The lowest BCUT2D eigenvalue weighted by molar-refractivity contribution is 1.02. The molecule has 0 aliphatic heterocycles. The van der Waals surface area contributed by atoms with E-state index in [1.54, 1.807) is 12.4 Å². The van der Waals surface area contributed by atoms with Gasteiger partial charge in [0.2, 0.25) is 5.96 Å². The fraction of sp³-hybridized carbons (Fsp3) is 0.0769. The van der Waals surface area contributed by atoms with Crippen molar-refractivity contribution in [3.63, 3.8) is 0 Å². The molecule has 1 aromatic carbocycles. The highest BCUT2D eigenvalue weighted by molar-refractivity contribution is 5.94. The van der Waals surface area contributed by atoms with Gasteiger partial charge < -0.3 is 5.32 Å². The van der Waals surface area contributed by atoms with Gasteiger partial charge in [0.25, 0.3) is 0 Å². The van der Waals surface area contributed by atoms with Gasteiger partial charge in [-0.15, -0.1) is 0 Å². The molecular formula is C13H15N5. The number of nitrogens with two attached hydrogens (primary N) is 1. The average Bonchev–Trinajstić information content (AvgIpc) is 2.41. The molecule has 0 saturated carbocycles. The third-order valence-corrected chi connectivity index (χ3v) is 2.42. The Morgan fingerprint density at radius 3 is 2.67 bits per heavy atom. The molecule has 0 fully saturated rings. The van der Waals surface area contributed by atoms with Crippen LogP contribution >= 0.6 is 0 Å². The van der Waals surface area contributed by atoms with Crippen LogP contribution in [0.5, 0.6) is 0 Å². The Morgan fingerprint density at radius 2 is 2.00 bits per heavy atom. The SMILES string of the molecule is Cc1ccncc1N=C(NN)Nc1ccccc1. The predicted molar refractivity (Wildman–Crippen MR) is 73.5 cm³/mol. The quantitative estimate of drug-likeness (QED) is 0.325. The standard InChI is InChI=1S/C13H15N5/c1-10-7-8-15-9-12(10)17-13(18-14)16-11-5-3-2-4-6-11/h2-9H,14H2,1H3,(H2,16,17,18). The van der Waals surface area contributed by atoms with Gasteiger partial charge >= 0.3 is 0 Å². The molecule has 1 heterocycles. The van der Waals surface area contributed by atoms with E-state index in [0.29, 0.717) is 5.96 Å². The molecule has 0 atom stereocenters. The van der Waals surface area contributed by atoms with Crippen molar-refractivity contribution in [3.05, 3.63) is 54.4 Å². The lowest BCUT2D eigenvalue weighted by atomic mass is 10.2. The number of pyridine rings is 1. The van der Waals surface area contributed by atoms with E-state index in [9.17, 15) is 0 Å². The zero-order valence-corrected chi connectivity index (χ0v) is 10.1. The number of aryl methyl sites for hydroxylation is 1. The van der Waals surface area contributed by atoms with E-state index in [0.717, 1.165) is 16.9 Å². The number of aliphatic imine (C=N–C) groups is 1. The minimum absolute atomic E-state index is 0.470. The first-order chi connectivity index (χ1) is 8.79. The van der Waals surface area contributed by atoms with Crippen LogP contribution in [0.4, 0.5) is 11.4 Å². The van der Waals surface area contributed by atoms with Crippen LogP contribution in [0.3, 0.4) is 0 Å². The lowest BCUT2D eigenvalue weighted by Gasteiger charge is -2.09. The highest BCUT2D eigenvalue weighted by atomic mass is 15.3. The van der Waals surface area contributed by atoms with E-state index in [1.807, 2.05) is 43.3 Å². The molecule has 0 unspecified atom stereocenters. The van der Waals surface area contributed by atoms with Crippen molar-refractivity contribution in [3.8, 4) is 0 Å². The minimum Gasteiger partial charge on any atom is -0.325 e. The molecule has 0 bridgehead atoms. The predicted octanol–water partition coefficient (Wildman–Crippen LogP) is 1.95. The highest BCUT2D eigenvalue weighted by Gasteiger charge is 2.00. The zero-order chi connectivity index (χ0) is 12.8. The van der Waals surface area contributed by atoms with E-state index < -0.39 is 0 Å². The van der Waals surface area contributed by atoms with Gasteiger partial charge in [-0.05, 0) is 30.7 Å². The number of guanidine groups is 1. The second-order valence-corrected chi connectivity index (χ2v) is 3.76. The Kier molecular flexibility index (Phi) is 3.88. The van der Waals surface area contributed by atoms with E-state index >= 15 is 0 Å². The van der Waals surface area contributed by atoms with Gasteiger partial charge in [0.15, 0.2) is 0 Å². The van der Waals surface area contributed by atoms with Crippen LogP contribution in [0.2, 0.25) is 0 Å². The summed E-state index contributed by atoms with van der Waals surface area (Å²) in [7, 11) is 0. The highest BCUT2D eigenvalue weighted by Crippen LogP contribution is 2.15. The molecule has 18 heavy (non-hydrogen) atoms. The van der Waals surface area contributed by atoms with Gasteiger partial charge in [-0.2, -0.15) is 0 Å². The largest absolute Gasteiger partial charge is 0.325 e. The average molecular weight is 241 g/mol. The second-order valence-electron chi connectivity index (χ2n) is 3.76. The van der Waals surface area contributed by atoms with Gasteiger partial charge in [-0.3, -0.25) is 10.4 Å². The Bertz CT molecular complexity index is 536. The molecule has 1 aromatic heterocycles. The zero-order valence-electron chi connectivity index (χ0n) is 10.1. The summed E-state index contributed by atoms with van der Waals surface area (Å²) in [6.45, 7) is 1.97. The number of para-hydroxylation sites is 1. The number of rotatable bonds is 2. The number of hydrogen-bond donors (Lipinski definition) is 3. The van der Waals surface area contributed by atoms with Crippen LogP contribution in [0.25, 0.3) is 0 Å². The first kappa shape index (κ1) is 12.1. The molecule has 5 nitrogen and oxygen atoms in total. The van der Waals surface area contributed by atoms with E-state index in [2.05, 4.69) is 20.7 Å². The first-order valence-electron chi connectivity index (χ1n) is 5.57. The summed E-state index contributed by atoms with van der Waals surface area (Å²) in [5.41, 5.74) is 5.26. The summed E-state index contributed by atoms with van der Waals surface area (Å²) in [6.07, 6.45) is 3.42. The van der Waals surface area contributed by atoms with E-state index in [-0.39, 0.29) is 0 Å². The topological polar surface area (TPSA) is 75.3 Å². The summed E-state index contributed by atoms with van der Waals surface area (Å²) in [5.74, 6) is 5.92. The smallest absolute Gasteiger partial charge is 0.215 e. The number of anilines is 1. The fourth-order valence-electron chi connectivity index (χ4n) is 1.45. The Hall–Kier alpha value is -2.40. The van der Waals surface area contributed by atoms with Crippen LogP contribution in [-0.2, 0) is 0 Å². The Morgan fingerprint density at radius 1 is 1.22 bits per heavy atom. The Labute approximate surface area is 106 Å². The molecule has 2 rings (SSSR count). The number of aromatic nitrogens is 1. The van der Waals surface area contributed by atoms with Crippen LogP contribution < -0.4 is 16.6 Å². The molecule has 0 aliphatic carbocycles. The van der Waals surface area contributed by atoms with Crippen LogP contribution in [0, 0.1) is 6.92 Å². The second kappa shape index (κ2) is 5.79. The summed E-state index contributed by atoms with van der Waals surface area (Å²) >= 11 is 0. The maximum absolute atomic E-state index is 5.45. The lowest BCUT2D eigenvalue weighted by Crippen LogP contribution is -2.36. The minimum atomic E-state index is 0.470. The van der Waals surface area contributed by atoms with Gasteiger partial charge in [0.1, 0.15) is 0 Å². The van der Waals surface area contributed by atoms with Crippen molar-refractivity contribution < 1.29 is 0 Å². The third kappa shape index (κ3) is 3.05. The van der Waals surface area contributed by atoms with Crippen molar-refractivity contribution in [2.24, 2.45) is 10.8 Å². The van der Waals surface area contributed by atoms with E-state index in [4.69, 9.17) is 5.84 Å². The van der Waals surface area contributed by atoms with Crippen molar-refractivity contribution in [1.82, 2.24) is 10.4 Å². The molecular weight excluding hydrogens is 226 g/mol. The summed E-state index contributed by atoms with van der Waals surface area (Å²) in [5, 5.41) is 3.09. The molecule has 0 saturated heterocycles. The molecule has 4 N–H and O–H groups in total. The normalized spacial score (nSPS) is 11.1. The van der Waals surface area contributed by atoms with Gasteiger partial charge in [-0.1, -0.05) is 18.2 Å². The van der Waals surface area contributed by atoms with Crippen molar-refractivity contribution >= 4 is 17.3 Å². The van der Waals surface area contributed by atoms with Crippen molar-refractivity contribution in [2.45, 2.75) is 6.92 Å². The number of nitrogens with one attached hydrogen (secondary N) is 2. The van der Waals surface area contributed by atoms with Crippen LogP contribution in [-0.4, -0.2) is 10.9 Å². The summed E-state index contributed by atoms with van der Waals surface area (Å²) in [6, 6.07) is 11.6. The van der Waals surface area contributed by atoms with Crippen LogP contribution in [0.15, 0.2) is 53.8 Å². The van der Waals surface area contributed by atoms with Gasteiger partial charge in [-0.25, -0.2) is 10.8 Å². The monoisotopic (exact) mass is 241 g/mol. The molecule has 0 amide bonds. The van der Waals surface area contributed by atoms with Crippen molar-refractivity contribution in [2.75, 3.05) is 5.32 Å². The maximum atomic E-state index is 5.45. The van der Waals surface area contributed by atoms with E-state index in [1.165, 1.54) is 0 Å². The van der Waals surface area contributed by atoms with Gasteiger partial charge in [0, 0.05) is 11.9 Å². The number of hydrazine groups is 1. The van der Waals surface area contributed by atoms with Crippen LogP contribution in [0.1, 0.15) is 5.56 Å². The molecule has 5 heteroatoms. The fourth-order valence-corrected chi connectivity index (χ4v) is 1.45. The molecule has 0 aliphatic rings. The molecule has 2 aromatic rings. The summed E-state index contributed by atoms with van der Waals surface area (Å²) < 4.78 is 0. The summed E-state index contributed by atoms with van der Waals surface area (Å²) in [4.78, 5) is 8.42. The number of benzene rings is 1. The Balaban J connectivity index is 2.21. The molecule has 0 radical (unpaired) electrons. The number of hydrogen-bond acceptors (Lipinski definition) is 3. The third-order valence-electron chi connectivity index (χ3n) is 2.42. The molecule has 0 spiro atoms. The molecule has 92 valence electrons. The van der Waals surface area contributed by atoms with Gasteiger partial charge in [0.05, 0.1) is 11.9 Å². The van der Waals surface area contributed by atoms with Crippen molar-refractivity contribution in [1.29, 1.82) is 0 Å².